The molecular weight excluding hydrogens is 268 g/mol. The van der Waals surface area contributed by atoms with Crippen molar-refractivity contribution >= 4 is 11.6 Å². The van der Waals surface area contributed by atoms with Gasteiger partial charge in [-0.2, -0.15) is 0 Å². The monoisotopic (exact) mass is 282 g/mol. The minimum Gasteiger partial charge on any atom is -0.373 e. The molecule has 0 amide bonds. The van der Waals surface area contributed by atoms with E-state index in [1.807, 2.05) is 4.57 Å². The molecule has 1 atom stereocenters. The summed E-state index contributed by atoms with van der Waals surface area (Å²) in [5.41, 5.74) is 1.84. The van der Waals surface area contributed by atoms with Gasteiger partial charge in [-0.3, -0.25) is 14.6 Å². The molecule has 0 radical (unpaired) electrons. The van der Waals surface area contributed by atoms with Gasteiger partial charge in [0.15, 0.2) is 11.6 Å². The lowest BCUT2D eigenvalue weighted by Crippen LogP contribution is -2.19. The minimum atomic E-state index is -0.114. The van der Waals surface area contributed by atoms with Crippen LogP contribution in [-0.4, -0.2) is 33.8 Å². The number of pyridine rings is 1. The van der Waals surface area contributed by atoms with E-state index in [9.17, 15) is 9.59 Å². The maximum atomic E-state index is 12.4. The van der Waals surface area contributed by atoms with Gasteiger partial charge in [-0.1, -0.05) is 0 Å². The molecule has 2 aromatic heterocycles. The van der Waals surface area contributed by atoms with Crippen molar-refractivity contribution in [2.75, 3.05) is 6.61 Å². The molecule has 106 valence electrons. The maximum Gasteiger partial charge on any atom is 0.197 e. The van der Waals surface area contributed by atoms with Crippen LogP contribution in [0.25, 0.3) is 0 Å². The number of fused-ring (bicyclic) bond motifs is 2. The molecule has 1 aliphatic heterocycles. The van der Waals surface area contributed by atoms with Crippen LogP contribution in [-0.2, 0) is 11.3 Å². The van der Waals surface area contributed by atoms with Crippen molar-refractivity contribution in [3.8, 4) is 0 Å². The molecule has 5 nitrogen and oxygen atoms in total. The van der Waals surface area contributed by atoms with E-state index < -0.39 is 0 Å². The van der Waals surface area contributed by atoms with Crippen LogP contribution in [0.3, 0.4) is 0 Å². The van der Waals surface area contributed by atoms with Gasteiger partial charge in [0.05, 0.1) is 29.4 Å². The highest BCUT2D eigenvalue weighted by atomic mass is 16.6. The molecule has 1 aliphatic carbocycles. The topological polar surface area (TPSA) is 64.5 Å². The Bertz CT molecular complexity index is 691. The Morgan fingerprint density at radius 3 is 2.57 bits per heavy atom. The van der Waals surface area contributed by atoms with Gasteiger partial charge in [-0.25, -0.2) is 0 Å². The molecule has 0 N–H and O–H groups in total. The molecule has 0 bridgehead atoms. The van der Waals surface area contributed by atoms with E-state index in [1.165, 1.54) is 6.20 Å². The van der Waals surface area contributed by atoms with E-state index >= 15 is 0 Å². The van der Waals surface area contributed by atoms with Gasteiger partial charge in [0, 0.05) is 36.9 Å². The summed E-state index contributed by atoms with van der Waals surface area (Å²) in [5, 5.41) is 0. The Kier molecular flexibility index (Phi) is 2.75. The van der Waals surface area contributed by atoms with Gasteiger partial charge in [-0.05, 0) is 18.9 Å². The van der Waals surface area contributed by atoms with Crippen LogP contribution in [0.2, 0.25) is 0 Å². The summed E-state index contributed by atoms with van der Waals surface area (Å²) in [7, 11) is 0. The van der Waals surface area contributed by atoms with Crippen LogP contribution >= 0.6 is 0 Å². The third-order valence-electron chi connectivity index (χ3n) is 4.02. The van der Waals surface area contributed by atoms with Crippen molar-refractivity contribution in [1.29, 1.82) is 0 Å². The van der Waals surface area contributed by atoms with Crippen LogP contribution < -0.4 is 0 Å². The minimum absolute atomic E-state index is 0.0914. The number of aromatic nitrogens is 2. The van der Waals surface area contributed by atoms with Crippen LogP contribution in [0.4, 0.5) is 0 Å². The number of carbonyl (C=O) groups excluding carboxylic acids is 2. The zero-order valence-electron chi connectivity index (χ0n) is 11.4. The number of ketones is 2. The van der Waals surface area contributed by atoms with E-state index in [-0.39, 0.29) is 11.6 Å². The molecule has 21 heavy (non-hydrogen) atoms. The van der Waals surface area contributed by atoms with Gasteiger partial charge < -0.3 is 9.30 Å². The lowest BCUT2D eigenvalue weighted by molar-refractivity contribution is 0.0979. The third-order valence-corrected chi connectivity index (χ3v) is 4.02. The Balaban J connectivity index is 1.63. The second kappa shape index (κ2) is 4.63. The average Bonchev–Trinajstić information content (AvgIpc) is 3.22. The van der Waals surface area contributed by atoms with Gasteiger partial charge in [0.25, 0.3) is 0 Å². The highest BCUT2D eigenvalue weighted by molar-refractivity contribution is 6.28. The molecule has 0 spiro atoms. The van der Waals surface area contributed by atoms with Crippen molar-refractivity contribution < 1.29 is 14.3 Å². The molecule has 2 aromatic rings. The summed E-state index contributed by atoms with van der Waals surface area (Å²) in [4.78, 5) is 28.8. The van der Waals surface area contributed by atoms with Crippen molar-refractivity contribution in [3.05, 3.63) is 53.1 Å². The molecule has 5 heteroatoms. The first-order valence-electron chi connectivity index (χ1n) is 7.09. The van der Waals surface area contributed by atoms with E-state index in [0.717, 1.165) is 26.0 Å². The Morgan fingerprint density at radius 1 is 1.14 bits per heavy atom. The van der Waals surface area contributed by atoms with Crippen molar-refractivity contribution in [2.45, 2.75) is 25.5 Å². The zero-order valence-corrected chi connectivity index (χ0v) is 11.4. The fraction of sp³-hybridized carbons (Fsp3) is 0.312. The largest absolute Gasteiger partial charge is 0.373 e. The van der Waals surface area contributed by atoms with Gasteiger partial charge >= 0.3 is 0 Å². The van der Waals surface area contributed by atoms with Crippen LogP contribution in [0, 0.1) is 0 Å². The van der Waals surface area contributed by atoms with Crippen LogP contribution in [0.1, 0.15) is 44.7 Å². The number of hydrogen-bond donors (Lipinski definition) is 0. The summed E-state index contributed by atoms with van der Waals surface area (Å²) in [6, 6.07) is 1.61. The number of epoxide rings is 1. The fourth-order valence-corrected chi connectivity index (χ4v) is 2.80. The SMILES string of the molecule is O=C1c2ccncc2C(=O)c2cn(CCCC3CO3)cc21. The van der Waals surface area contributed by atoms with Gasteiger partial charge in [-0.15, -0.1) is 0 Å². The molecule has 0 saturated carbocycles. The van der Waals surface area contributed by atoms with Crippen LogP contribution in [0.5, 0.6) is 0 Å². The molecule has 2 aliphatic rings. The molecule has 0 aromatic carbocycles. The second-order valence-electron chi connectivity index (χ2n) is 5.50. The summed E-state index contributed by atoms with van der Waals surface area (Å²) in [6.45, 7) is 1.66. The van der Waals surface area contributed by atoms with E-state index in [0.29, 0.717) is 28.4 Å². The van der Waals surface area contributed by atoms with Gasteiger partial charge in [0.1, 0.15) is 0 Å². The first kappa shape index (κ1) is 12.5. The van der Waals surface area contributed by atoms with Crippen molar-refractivity contribution in [3.63, 3.8) is 0 Å². The van der Waals surface area contributed by atoms with E-state index in [2.05, 4.69) is 4.98 Å². The Morgan fingerprint density at radius 2 is 1.86 bits per heavy atom. The average molecular weight is 282 g/mol. The number of hydrogen-bond acceptors (Lipinski definition) is 4. The molecule has 4 rings (SSSR count). The zero-order chi connectivity index (χ0) is 14.4. The van der Waals surface area contributed by atoms with Gasteiger partial charge in [0.2, 0.25) is 0 Å². The summed E-state index contributed by atoms with van der Waals surface area (Å²) in [6.07, 6.45) is 8.99. The number of rotatable bonds is 4. The predicted octanol–water partition coefficient (Wildman–Crippen LogP) is 1.84. The second-order valence-corrected chi connectivity index (χ2v) is 5.50. The summed E-state index contributed by atoms with van der Waals surface area (Å²) >= 11 is 0. The number of ether oxygens (including phenoxy) is 1. The van der Waals surface area contributed by atoms with E-state index in [4.69, 9.17) is 4.74 Å². The number of aryl methyl sites for hydroxylation is 1. The molecule has 1 saturated heterocycles. The summed E-state index contributed by atoms with van der Waals surface area (Å²) < 4.78 is 7.11. The quantitative estimate of drug-likeness (QED) is 0.685. The lowest BCUT2D eigenvalue weighted by atomic mass is 9.88. The lowest BCUT2D eigenvalue weighted by Gasteiger charge is -2.12. The Hall–Kier alpha value is -2.27. The maximum absolute atomic E-state index is 12.4. The fourth-order valence-electron chi connectivity index (χ4n) is 2.80. The molecule has 3 heterocycles. The first-order chi connectivity index (χ1) is 10.2. The molecule has 1 fully saturated rings. The molecular formula is C16H14N2O3. The third kappa shape index (κ3) is 2.10. The summed E-state index contributed by atoms with van der Waals surface area (Å²) in [5.74, 6) is -0.205. The van der Waals surface area contributed by atoms with Crippen molar-refractivity contribution in [2.24, 2.45) is 0 Å². The van der Waals surface area contributed by atoms with Crippen LogP contribution in [0.15, 0.2) is 30.9 Å². The normalized spacial score (nSPS) is 19.3. The highest BCUT2D eigenvalue weighted by Gasteiger charge is 2.31. The first-order valence-corrected chi connectivity index (χ1v) is 7.09. The predicted molar refractivity (Wildman–Crippen MR) is 74.5 cm³/mol. The highest BCUT2D eigenvalue weighted by Crippen LogP contribution is 2.27. The smallest absolute Gasteiger partial charge is 0.197 e. The molecule has 1 unspecified atom stereocenters. The number of nitrogens with zero attached hydrogens (tertiary/aromatic N) is 2. The standard InChI is InChI=1S/C16H14N2O3/c19-15-11-3-4-17-6-12(11)16(20)14-8-18(7-13(14)15)5-1-2-10-9-21-10/h3-4,6-8,10H,1-2,5,9H2. The van der Waals surface area contributed by atoms with Crippen molar-refractivity contribution in [1.82, 2.24) is 9.55 Å². The Labute approximate surface area is 121 Å². The van der Waals surface area contributed by atoms with E-state index in [1.54, 1.807) is 24.7 Å². The number of carbonyl (C=O) groups is 2.